The molecule has 56 heavy (non-hydrogen) atoms. The molecule has 3 saturated heterocycles. The summed E-state index contributed by atoms with van der Waals surface area (Å²) in [5, 5.41) is 8.23. The van der Waals surface area contributed by atoms with Crippen molar-refractivity contribution in [2.24, 2.45) is 5.92 Å². The first kappa shape index (κ1) is 41.8. The summed E-state index contributed by atoms with van der Waals surface area (Å²) in [7, 11) is 2.51. The minimum Gasteiger partial charge on any atom is -0.453 e. The minimum atomic E-state index is -0.889. The summed E-state index contributed by atoms with van der Waals surface area (Å²) in [6.45, 7) is 4.77. The van der Waals surface area contributed by atoms with Gasteiger partial charge in [0.25, 0.3) is 5.91 Å². The number of methoxy groups -OCH3 is 2. The van der Waals surface area contributed by atoms with Crippen LogP contribution in [0.5, 0.6) is 0 Å². The summed E-state index contributed by atoms with van der Waals surface area (Å²) in [5.74, 6) is 0.446. The topological polar surface area (TPSA) is 195 Å². The maximum Gasteiger partial charge on any atom is 0.407 e. The summed E-state index contributed by atoms with van der Waals surface area (Å²) in [6, 6.07) is 11.7. The number of nitrogens with zero attached hydrogens (tertiary/aromatic N) is 5. The molecular formula is C38H47Cl2N9O7. The van der Waals surface area contributed by atoms with E-state index >= 15 is 0 Å². The second kappa shape index (κ2) is 17.6. The van der Waals surface area contributed by atoms with Gasteiger partial charge in [-0.2, -0.15) is 0 Å². The number of fused-ring (bicyclic) bond motifs is 2. The average molecular weight is 813 g/mol. The summed E-state index contributed by atoms with van der Waals surface area (Å²) in [5.41, 5.74) is 5.22. The second-order valence-corrected chi connectivity index (χ2v) is 14.2. The molecule has 16 nitrogen and oxygen atoms in total. The molecule has 18 heteroatoms. The Hall–Kier alpha value is -5.35. The number of carbonyl (C=O) groups excluding carboxylic acids is 5. The van der Waals surface area contributed by atoms with Gasteiger partial charge < -0.3 is 35.0 Å². The number of hydrogen-bond acceptors (Lipinski definition) is 9. The van der Waals surface area contributed by atoms with Crippen LogP contribution in [0, 0.1) is 5.92 Å². The van der Waals surface area contributed by atoms with Crippen LogP contribution in [0.25, 0.3) is 33.4 Å². The van der Waals surface area contributed by atoms with E-state index in [1.165, 1.54) is 24.2 Å². The van der Waals surface area contributed by atoms with Crippen molar-refractivity contribution in [1.29, 1.82) is 0 Å². The first-order valence-electron chi connectivity index (χ1n) is 18.3. The minimum absolute atomic E-state index is 0. The highest BCUT2D eigenvalue weighted by molar-refractivity contribution is 5.91. The summed E-state index contributed by atoms with van der Waals surface area (Å²) >= 11 is 0. The van der Waals surface area contributed by atoms with E-state index in [0.717, 1.165) is 46.3 Å². The van der Waals surface area contributed by atoms with Crippen molar-refractivity contribution in [2.45, 2.75) is 76.5 Å². The Morgan fingerprint density at radius 3 is 2.23 bits per heavy atom. The number of hydrazine groups is 1. The number of aromatic nitrogens is 4. The van der Waals surface area contributed by atoms with Gasteiger partial charge in [0.05, 0.1) is 43.2 Å². The van der Waals surface area contributed by atoms with Crippen LogP contribution in [-0.2, 0) is 23.9 Å². The molecule has 0 bridgehead atoms. The average Bonchev–Trinajstić information content (AvgIpc) is 3.96. The van der Waals surface area contributed by atoms with Crippen LogP contribution in [0.4, 0.5) is 9.59 Å². The molecule has 0 saturated carbocycles. The molecule has 300 valence electrons. The number of imidazole rings is 2. The Kier molecular flexibility index (Phi) is 13.2. The number of aromatic amines is 2. The van der Waals surface area contributed by atoms with Gasteiger partial charge in [0.2, 0.25) is 11.8 Å². The zero-order chi connectivity index (χ0) is 38.1. The number of ether oxygens (including phenoxy) is 2. The molecule has 5 amide bonds. The number of nitrogens with one attached hydrogen (secondary N) is 4. The molecule has 3 aliphatic rings. The van der Waals surface area contributed by atoms with Crippen molar-refractivity contribution in [3.05, 3.63) is 60.3 Å². The number of carbonyl (C=O) groups is 5. The van der Waals surface area contributed by atoms with Crippen LogP contribution >= 0.6 is 24.8 Å². The van der Waals surface area contributed by atoms with E-state index in [2.05, 4.69) is 25.6 Å². The van der Waals surface area contributed by atoms with Gasteiger partial charge in [-0.05, 0) is 66.8 Å². The van der Waals surface area contributed by atoms with Gasteiger partial charge in [0.1, 0.15) is 29.8 Å². The molecule has 4 aromatic rings. The number of likely N-dealkylation sites (tertiary alicyclic amines) is 1. The Labute approximate surface area is 336 Å². The largest absolute Gasteiger partial charge is 0.453 e. The van der Waals surface area contributed by atoms with Gasteiger partial charge >= 0.3 is 12.2 Å². The molecule has 3 fully saturated rings. The lowest BCUT2D eigenvalue weighted by Gasteiger charge is -2.42. The predicted octanol–water partition coefficient (Wildman–Crippen LogP) is 5.43. The zero-order valence-corrected chi connectivity index (χ0v) is 33.2. The zero-order valence-electron chi connectivity index (χ0n) is 31.6. The number of amides is 5. The highest BCUT2D eigenvalue weighted by atomic mass is 35.5. The van der Waals surface area contributed by atoms with E-state index in [9.17, 15) is 24.0 Å². The number of H-pyrrole nitrogens is 2. The number of halogens is 2. The molecule has 2 aromatic carbocycles. The fourth-order valence-electron chi connectivity index (χ4n) is 7.67. The fraction of sp³-hybridized carbons (Fsp3) is 0.447. The van der Waals surface area contributed by atoms with Crippen LogP contribution < -0.4 is 10.6 Å². The van der Waals surface area contributed by atoms with Gasteiger partial charge in [-0.3, -0.25) is 19.4 Å². The van der Waals surface area contributed by atoms with Crippen molar-refractivity contribution in [2.75, 3.05) is 27.3 Å². The number of rotatable bonds is 8. The Morgan fingerprint density at radius 1 is 0.839 bits per heavy atom. The predicted molar refractivity (Wildman–Crippen MR) is 211 cm³/mol. The van der Waals surface area contributed by atoms with Gasteiger partial charge in [-0.1, -0.05) is 44.2 Å². The van der Waals surface area contributed by atoms with E-state index in [-0.39, 0.29) is 67.3 Å². The van der Waals surface area contributed by atoms with Crippen LogP contribution in [0.15, 0.2) is 48.7 Å². The van der Waals surface area contributed by atoms with Crippen molar-refractivity contribution >= 4 is 65.8 Å². The molecule has 5 heterocycles. The Bertz CT molecular complexity index is 2070. The smallest absolute Gasteiger partial charge is 0.407 e. The highest BCUT2D eigenvalue weighted by Gasteiger charge is 2.44. The van der Waals surface area contributed by atoms with E-state index in [4.69, 9.17) is 14.5 Å². The second-order valence-electron chi connectivity index (χ2n) is 14.2. The monoisotopic (exact) mass is 811 g/mol. The van der Waals surface area contributed by atoms with Crippen molar-refractivity contribution < 1.29 is 33.4 Å². The molecule has 0 aliphatic carbocycles. The van der Waals surface area contributed by atoms with E-state index < -0.39 is 30.3 Å². The SMILES string of the molecule is COC(=O)NC(C(=O)N1CCCC1c1ncc(-c2ccc(-c3ccc4nc([C@@H]5CCCN6C(=O)CC[C@H](NC(=O)OC)C(=O)N56)[nH]c4c3)cc2)[nH]1)C(C)C.Cl.Cl. The van der Waals surface area contributed by atoms with Crippen LogP contribution in [0.2, 0.25) is 0 Å². The molecule has 4 atom stereocenters. The number of benzene rings is 2. The molecule has 2 aromatic heterocycles. The molecule has 7 rings (SSSR count). The molecule has 0 spiro atoms. The first-order valence-corrected chi connectivity index (χ1v) is 18.3. The molecule has 0 radical (unpaired) electrons. The van der Waals surface area contributed by atoms with Crippen molar-refractivity contribution in [1.82, 2.24) is 45.5 Å². The van der Waals surface area contributed by atoms with Gasteiger partial charge in [-0.15, -0.1) is 24.8 Å². The van der Waals surface area contributed by atoms with Crippen molar-refractivity contribution in [3.8, 4) is 22.4 Å². The van der Waals surface area contributed by atoms with Crippen LogP contribution in [0.3, 0.4) is 0 Å². The van der Waals surface area contributed by atoms with Gasteiger partial charge in [0.15, 0.2) is 0 Å². The summed E-state index contributed by atoms with van der Waals surface area (Å²) in [6.07, 6.45) is 3.62. The maximum absolute atomic E-state index is 13.7. The maximum atomic E-state index is 13.7. The Balaban J connectivity index is 0.00000300. The van der Waals surface area contributed by atoms with E-state index in [1.54, 1.807) is 11.1 Å². The third kappa shape index (κ3) is 8.26. The third-order valence-electron chi connectivity index (χ3n) is 10.5. The van der Waals surface area contributed by atoms with Gasteiger partial charge in [-0.25, -0.2) is 24.6 Å². The Morgan fingerprint density at radius 2 is 1.52 bits per heavy atom. The third-order valence-corrected chi connectivity index (χ3v) is 10.5. The standard InChI is InChI=1S/C38H45N9O7.2ClH/c1-21(2)32(44-38(52)54-4)36(50)45-17-5-7-29(45)33-39-20-28(42-33)23-11-9-22(10-12-23)24-13-14-25-27(19-24)41-34(40-25)30-8-6-18-46-31(48)16-15-26(35(49)47(30)46)43-37(51)53-3;;/h9-14,19-21,26,29-30,32H,5-8,15-18H2,1-4H3,(H,39,42)(H,40,41)(H,43,51)(H,44,52);2*1H/t26-,29?,30-,32?;;/m0../s1. The lowest BCUT2D eigenvalue weighted by molar-refractivity contribution is -0.174. The number of alkyl carbamates (subject to hydrolysis) is 2. The normalized spacial score (nSPS) is 20.1. The summed E-state index contributed by atoms with van der Waals surface area (Å²) in [4.78, 5) is 82.4. The quantitative estimate of drug-likeness (QED) is 0.179. The van der Waals surface area contributed by atoms with Crippen LogP contribution in [-0.4, -0.2) is 104 Å². The highest BCUT2D eigenvalue weighted by Crippen LogP contribution is 2.36. The lowest BCUT2D eigenvalue weighted by Crippen LogP contribution is -2.57. The first-order chi connectivity index (χ1) is 26.1. The van der Waals surface area contributed by atoms with Gasteiger partial charge in [0, 0.05) is 19.5 Å². The lowest BCUT2D eigenvalue weighted by atomic mass is 10.0. The van der Waals surface area contributed by atoms with E-state index in [0.29, 0.717) is 37.6 Å². The molecule has 2 unspecified atom stereocenters. The van der Waals surface area contributed by atoms with E-state index in [1.807, 2.05) is 56.3 Å². The van der Waals surface area contributed by atoms with Crippen molar-refractivity contribution in [3.63, 3.8) is 0 Å². The molecule has 3 aliphatic heterocycles. The van der Waals surface area contributed by atoms with Crippen LogP contribution in [0.1, 0.15) is 76.1 Å². The fourth-order valence-corrected chi connectivity index (χ4v) is 7.67. The molecule has 4 N–H and O–H groups in total. The number of hydrogen-bond donors (Lipinski definition) is 4. The molecular weight excluding hydrogens is 765 g/mol. The summed E-state index contributed by atoms with van der Waals surface area (Å²) < 4.78 is 9.47.